The molecule has 0 aliphatic carbocycles. The van der Waals surface area contributed by atoms with Crippen molar-refractivity contribution < 1.29 is 9.84 Å². The third-order valence-electron chi connectivity index (χ3n) is 2.42. The summed E-state index contributed by atoms with van der Waals surface area (Å²) < 4.78 is 5.29. The van der Waals surface area contributed by atoms with E-state index in [0.29, 0.717) is 30.4 Å². The maximum absolute atomic E-state index is 8.83. The van der Waals surface area contributed by atoms with E-state index in [9.17, 15) is 0 Å². The first-order valence-electron chi connectivity index (χ1n) is 5.60. The number of fused-ring (bicyclic) bond motifs is 1. The Kier molecular flexibility index (Phi) is 3.55. The molecule has 0 saturated heterocycles. The smallest absolute Gasteiger partial charge is 0.215 e. The summed E-state index contributed by atoms with van der Waals surface area (Å²) in [5.74, 6) is 1.18. The summed E-state index contributed by atoms with van der Waals surface area (Å²) in [7, 11) is 0. The van der Waals surface area contributed by atoms with Crippen molar-refractivity contribution in [1.29, 1.82) is 0 Å². The average Bonchev–Trinajstić information content (AvgIpc) is 2.73. The van der Waals surface area contributed by atoms with Crippen molar-refractivity contribution in [2.24, 2.45) is 5.73 Å². The monoisotopic (exact) mass is 236 g/mol. The molecule has 0 aromatic carbocycles. The molecular weight excluding hydrogens is 220 g/mol. The maximum Gasteiger partial charge on any atom is 0.215 e. The second kappa shape index (κ2) is 5.11. The molecule has 6 heteroatoms. The lowest BCUT2D eigenvalue weighted by molar-refractivity contribution is 0.275. The van der Waals surface area contributed by atoms with Gasteiger partial charge in [-0.2, -0.15) is 4.98 Å². The second-order valence-corrected chi connectivity index (χ2v) is 3.69. The number of ether oxygens (including phenoxy) is 1. The number of aromatic nitrogens is 3. The molecule has 4 N–H and O–H groups in total. The molecule has 1 atom stereocenters. The lowest BCUT2D eigenvalue weighted by atomic mass is 10.2. The van der Waals surface area contributed by atoms with Crippen LogP contribution in [-0.2, 0) is 0 Å². The van der Waals surface area contributed by atoms with E-state index in [1.807, 2.05) is 13.0 Å². The van der Waals surface area contributed by atoms with Crippen LogP contribution < -0.4 is 10.5 Å². The van der Waals surface area contributed by atoms with Gasteiger partial charge in [0.25, 0.3) is 0 Å². The number of pyridine rings is 1. The van der Waals surface area contributed by atoms with Crippen LogP contribution in [0.1, 0.15) is 25.2 Å². The number of aromatic amines is 1. The highest BCUT2D eigenvalue weighted by Gasteiger charge is 2.11. The first kappa shape index (κ1) is 11.8. The minimum Gasteiger partial charge on any atom is -0.478 e. The quantitative estimate of drug-likeness (QED) is 0.711. The standard InChI is InChI=1S/C11H16N4O2/c1-2-17-9-4-3-8-11(14-9)15-10(13-8)7(12)5-6-16/h3-4,7,16H,2,5-6,12H2,1H3,(H,13,14,15). The van der Waals surface area contributed by atoms with E-state index < -0.39 is 0 Å². The largest absolute Gasteiger partial charge is 0.478 e. The van der Waals surface area contributed by atoms with Crippen molar-refractivity contribution in [1.82, 2.24) is 15.0 Å². The van der Waals surface area contributed by atoms with Gasteiger partial charge in [0.1, 0.15) is 5.82 Å². The number of hydrogen-bond donors (Lipinski definition) is 3. The fraction of sp³-hybridized carbons (Fsp3) is 0.455. The van der Waals surface area contributed by atoms with Gasteiger partial charge in [-0.3, -0.25) is 0 Å². The number of nitrogens with zero attached hydrogens (tertiary/aromatic N) is 2. The number of nitrogens with one attached hydrogen (secondary N) is 1. The zero-order valence-electron chi connectivity index (χ0n) is 9.68. The minimum atomic E-state index is -0.301. The zero-order valence-corrected chi connectivity index (χ0v) is 9.68. The van der Waals surface area contributed by atoms with Crippen molar-refractivity contribution >= 4 is 11.2 Å². The molecule has 0 saturated carbocycles. The number of hydrogen-bond acceptors (Lipinski definition) is 5. The molecule has 2 aromatic rings. The summed E-state index contributed by atoms with van der Waals surface area (Å²) in [5, 5.41) is 8.83. The van der Waals surface area contributed by atoms with Gasteiger partial charge in [-0.25, -0.2) is 4.98 Å². The van der Waals surface area contributed by atoms with Gasteiger partial charge in [-0.1, -0.05) is 0 Å². The normalized spacial score (nSPS) is 12.9. The second-order valence-electron chi connectivity index (χ2n) is 3.69. The molecule has 92 valence electrons. The number of aliphatic hydroxyl groups is 1. The Bertz CT molecular complexity index is 497. The number of nitrogens with two attached hydrogens (primary N) is 1. The molecule has 6 nitrogen and oxygen atoms in total. The van der Waals surface area contributed by atoms with Crippen LogP contribution >= 0.6 is 0 Å². The molecule has 0 aliphatic heterocycles. The highest BCUT2D eigenvalue weighted by atomic mass is 16.5. The fourth-order valence-corrected chi connectivity index (χ4v) is 1.57. The van der Waals surface area contributed by atoms with Crippen LogP contribution in [0.3, 0.4) is 0 Å². The molecule has 17 heavy (non-hydrogen) atoms. The Morgan fingerprint density at radius 1 is 1.47 bits per heavy atom. The molecular formula is C11H16N4O2. The molecule has 0 amide bonds. The predicted molar refractivity (Wildman–Crippen MR) is 63.7 cm³/mol. The lowest BCUT2D eigenvalue weighted by Gasteiger charge is -2.04. The minimum absolute atomic E-state index is 0.0375. The number of H-pyrrole nitrogens is 1. The summed E-state index contributed by atoms with van der Waals surface area (Å²) >= 11 is 0. The van der Waals surface area contributed by atoms with E-state index in [2.05, 4.69) is 15.0 Å². The van der Waals surface area contributed by atoms with Crippen molar-refractivity contribution in [2.75, 3.05) is 13.2 Å². The van der Waals surface area contributed by atoms with Crippen LogP contribution in [0, 0.1) is 0 Å². The molecule has 0 radical (unpaired) electrons. The molecule has 2 rings (SSSR count). The van der Waals surface area contributed by atoms with E-state index >= 15 is 0 Å². The highest BCUT2D eigenvalue weighted by Crippen LogP contribution is 2.18. The third kappa shape index (κ3) is 2.54. The first-order valence-corrected chi connectivity index (χ1v) is 5.60. The average molecular weight is 236 g/mol. The Balaban J connectivity index is 2.30. The fourth-order valence-electron chi connectivity index (χ4n) is 1.57. The highest BCUT2D eigenvalue weighted by molar-refractivity contribution is 5.71. The Morgan fingerprint density at radius 3 is 3.00 bits per heavy atom. The van der Waals surface area contributed by atoms with Crippen molar-refractivity contribution in [3.63, 3.8) is 0 Å². The zero-order chi connectivity index (χ0) is 12.3. The topological polar surface area (TPSA) is 97.0 Å². The van der Waals surface area contributed by atoms with Gasteiger partial charge >= 0.3 is 0 Å². The molecule has 1 unspecified atom stereocenters. The molecule has 0 aliphatic rings. The van der Waals surface area contributed by atoms with Crippen LogP contribution in [0.25, 0.3) is 11.2 Å². The van der Waals surface area contributed by atoms with Gasteiger partial charge in [-0.15, -0.1) is 0 Å². The molecule has 2 aromatic heterocycles. The van der Waals surface area contributed by atoms with Crippen LogP contribution in [0.4, 0.5) is 0 Å². The van der Waals surface area contributed by atoms with Crippen molar-refractivity contribution in [3.05, 3.63) is 18.0 Å². The summed E-state index contributed by atoms with van der Waals surface area (Å²) in [6, 6.07) is 3.34. The van der Waals surface area contributed by atoms with Crippen LogP contribution in [0.5, 0.6) is 5.88 Å². The van der Waals surface area contributed by atoms with Crippen LogP contribution in [0.2, 0.25) is 0 Å². The summed E-state index contributed by atoms with van der Waals surface area (Å²) in [4.78, 5) is 11.6. The number of imidazole rings is 1. The van der Waals surface area contributed by atoms with Crippen LogP contribution in [0.15, 0.2) is 12.1 Å². The van der Waals surface area contributed by atoms with Gasteiger partial charge in [0.15, 0.2) is 5.65 Å². The van der Waals surface area contributed by atoms with E-state index in [1.165, 1.54) is 0 Å². The van der Waals surface area contributed by atoms with Gasteiger partial charge < -0.3 is 20.6 Å². The molecule has 0 fully saturated rings. The van der Waals surface area contributed by atoms with E-state index in [4.69, 9.17) is 15.6 Å². The predicted octanol–water partition coefficient (Wildman–Crippen LogP) is 0.739. The van der Waals surface area contributed by atoms with Crippen molar-refractivity contribution in [3.8, 4) is 5.88 Å². The Labute approximate surface area is 98.8 Å². The van der Waals surface area contributed by atoms with Gasteiger partial charge in [-0.05, 0) is 19.4 Å². The Hall–Kier alpha value is -1.66. The van der Waals surface area contributed by atoms with E-state index in [0.717, 1.165) is 5.52 Å². The summed E-state index contributed by atoms with van der Waals surface area (Å²) in [6.45, 7) is 2.51. The molecule has 0 bridgehead atoms. The van der Waals surface area contributed by atoms with E-state index in [1.54, 1.807) is 6.07 Å². The Morgan fingerprint density at radius 2 is 2.29 bits per heavy atom. The van der Waals surface area contributed by atoms with Gasteiger partial charge in [0, 0.05) is 12.7 Å². The first-order chi connectivity index (χ1) is 8.24. The van der Waals surface area contributed by atoms with Gasteiger partial charge in [0.2, 0.25) is 5.88 Å². The third-order valence-corrected chi connectivity index (χ3v) is 2.42. The molecule has 0 spiro atoms. The SMILES string of the molecule is CCOc1ccc2[nH]c(C(N)CCO)nc2n1. The summed E-state index contributed by atoms with van der Waals surface area (Å²) in [6.07, 6.45) is 0.470. The number of rotatable bonds is 5. The van der Waals surface area contributed by atoms with E-state index in [-0.39, 0.29) is 12.6 Å². The van der Waals surface area contributed by atoms with Crippen LogP contribution in [-0.4, -0.2) is 33.3 Å². The van der Waals surface area contributed by atoms with Gasteiger partial charge in [0.05, 0.1) is 18.2 Å². The number of aliphatic hydroxyl groups excluding tert-OH is 1. The molecule has 2 heterocycles. The lowest BCUT2D eigenvalue weighted by Crippen LogP contribution is -2.13. The summed E-state index contributed by atoms with van der Waals surface area (Å²) in [5.41, 5.74) is 7.25. The maximum atomic E-state index is 8.83. The van der Waals surface area contributed by atoms with Crippen molar-refractivity contribution in [2.45, 2.75) is 19.4 Å².